The van der Waals surface area contributed by atoms with Crippen LogP contribution < -0.4 is 21.9 Å². The van der Waals surface area contributed by atoms with Gasteiger partial charge >= 0.3 is 49.4 Å². The van der Waals surface area contributed by atoms with Gasteiger partial charge in [-0.3, -0.25) is 4.79 Å². The third kappa shape index (κ3) is 14.5. The lowest BCUT2D eigenvalue weighted by atomic mass is 9.12. The number of fused-ring (bicyclic) bond motifs is 2. The largest absolute Gasteiger partial charge is 0.416 e. The fourth-order valence-corrected chi connectivity index (χ4v) is 11.9. The van der Waals surface area contributed by atoms with Crippen LogP contribution in [-0.2, 0) is 60.3 Å². The molecule has 0 aliphatic carbocycles. The third-order valence-electron chi connectivity index (χ3n) is 13.8. The molecule has 0 spiro atoms. The second kappa shape index (κ2) is 23.2. The van der Waals surface area contributed by atoms with Crippen molar-refractivity contribution in [1.82, 2.24) is 0 Å². The molecule has 0 saturated heterocycles. The van der Waals surface area contributed by atoms with Crippen molar-refractivity contribution >= 4 is 66.2 Å². The van der Waals surface area contributed by atoms with Gasteiger partial charge in [-0.05, 0) is 70.1 Å². The Hall–Kier alpha value is -8.10. The van der Waals surface area contributed by atoms with Gasteiger partial charge in [0.05, 0.1) is 55.4 Å². The Morgan fingerprint density at radius 2 is 0.506 bits per heavy atom. The van der Waals surface area contributed by atoms with Gasteiger partial charge in [-0.2, -0.15) is 127 Å². The molecule has 0 radical (unpaired) electrons. The minimum Gasteiger partial charge on any atom is -0.289 e. The van der Waals surface area contributed by atoms with Gasteiger partial charge in [-0.25, -0.2) is 0 Å². The van der Waals surface area contributed by atoms with E-state index in [2.05, 4.69) is 84.9 Å². The van der Waals surface area contributed by atoms with E-state index in [1.54, 1.807) is 0 Å². The van der Waals surface area contributed by atoms with Gasteiger partial charge in [0.25, 0.3) is 0 Å². The zero-order valence-corrected chi connectivity index (χ0v) is 43.9. The summed E-state index contributed by atoms with van der Waals surface area (Å²) < 4.78 is 341. The molecule has 0 aliphatic rings. The van der Waals surface area contributed by atoms with Gasteiger partial charge < -0.3 is 0 Å². The molecule has 0 aliphatic heterocycles. The lowest BCUT2D eigenvalue weighted by Crippen LogP contribution is -2.75. The summed E-state index contributed by atoms with van der Waals surface area (Å²) in [7, 11) is -0.343. The monoisotopic (exact) mass is 1270 g/mol. The maximum absolute atomic E-state index is 14.2. The zero-order chi connectivity index (χ0) is 64.3. The summed E-state index contributed by atoms with van der Waals surface area (Å²) in [6, 6.07) is 30.8. The Bertz CT molecular complexity index is 3490. The molecule has 9 rings (SSSR count). The lowest BCUT2D eigenvalue weighted by molar-refractivity contribution is -0.144. The number of ketones is 1. The molecule has 0 saturated carbocycles. The van der Waals surface area contributed by atoms with E-state index in [4.69, 9.17) is 0 Å². The van der Waals surface area contributed by atoms with E-state index in [1.807, 2.05) is 30.3 Å². The number of carbonyl (C=O) groups excluding carboxylic acids is 1. The summed E-state index contributed by atoms with van der Waals surface area (Å²) in [5.41, 5.74) is -29.4. The minimum absolute atomic E-state index is 0.181. The van der Waals surface area contributed by atoms with Gasteiger partial charge in [0.2, 0.25) is 5.78 Å². The zero-order valence-electron chi connectivity index (χ0n) is 43.1. The molecule has 9 aromatic carbocycles. The highest BCUT2D eigenvalue weighted by Crippen LogP contribution is 2.42. The van der Waals surface area contributed by atoms with Crippen LogP contribution in [0.25, 0.3) is 21.5 Å². The molecule has 0 bridgehead atoms. The fraction of sp³-hybridized carbons (Fsp3) is 0.150. The summed E-state index contributed by atoms with van der Waals surface area (Å²) in [4.78, 5) is 15.5. The predicted molar refractivity (Wildman–Crippen MR) is 278 cm³/mol. The van der Waals surface area contributed by atoms with Crippen molar-refractivity contribution in [1.29, 1.82) is 0 Å². The molecule has 9 aromatic rings. The minimum atomic E-state index is -6.13. The first-order valence-corrected chi connectivity index (χ1v) is 26.1. The average molecular weight is 1270 g/mol. The Morgan fingerprint density at radius 3 is 0.747 bits per heavy atom. The second-order valence-corrected chi connectivity index (χ2v) is 21.6. The molecular formula is C60H33BF24OS. The van der Waals surface area contributed by atoms with E-state index in [9.17, 15) is 110 Å². The van der Waals surface area contributed by atoms with Crippen molar-refractivity contribution in [3.63, 3.8) is 0 Å². The molecule has 87 heavy (non-hydrogen) atoms. The number of hydrogen-bond acceptors (Lipinski definition) is 1. The summed E-state index contributed by atoms with van der Waals surface area (Å²) in [5.74, 6) is 0.654. The standard InChI is InChI=1S/C32H12BF24.C28H21OS/c34-25(35,36)13-1-14(26(37,38)39)6-21(5-13)33(22-7-15(27(40,41)42)2-16(8-22)28(43,44)45,23-9-17(29(46,47)48)3-18(10-23)30(49,50)51)24-11-19(31(52,53)54)4-20(12-24)32(55,56)57;29-28(23-10-2-1-3-11-23)20-30(26-16-14-21-8-4-6-12-24(21)18-26)27-17-15-22-9-5-7-13-25(22)19-27/h1-12H;1-19H,20H2/q-1;+1. The predicted octanol–water partition coefficient (Wildman–Crippen LogP) is 18.1. The van der Waals surface area contributed by atoms with E-state index in [1.165, 1.54) is 31.3 Å². The van der Waals surface area contributed by atoms with Crippen LogP contribution in [0.4, 0.5) is 105 Å². The van der Waals surface area contributed by atoms with Crippen LogP contribution in [0.5, 0.6) is 0 Å². The summed E-state index contributed by atoms with van der Waals surface area (Å²) in [6.45, 7) is 0. The number of rotatable bonds is 9. The Balaban J connectivity index is 0.000000271. The lowest BCUT2D eigenvalue weighted by Gasteiger charge is -2.46. The highest BCUT2D eigenvalue weighted by Gasteiger charge is 2.47. The molecule has 0 unspecified atom stereocenters. The molecular weight excluding hydrogens is 1240 g/mol. The SMILES string of the molecule is FC(F)(F)c1cc([B-](c2cc(C(F)(F)F)cc(C(F)(F)F)c2)(c2cc(C(F)(F)F)cc(C(F)(F)F)c2)c2cc(C(F)(F)F)cc(C(F)(F)F)c2)cc(C(F)(F)F)c1.O=C(C[S+](c1ccc2ccccc2c1)c1ccc2ccccc2c1)c1ccccc1. The number of carbonyl (C=O) groups is 1. The number of halogens is 24. The van der Waals surface area contributed by atoms with Crippen molar-refractivity contribution < 1.29 is 110 Å². The van der Waals surface area contributed by atoms with Crippen molar-refractivity contribution in [3.05, 3.63) is 238 Å². The first-order valence-electron chi connectivity index (χ1n) is 24.7. The third-order valence-corrected chi connectivity index (χ3v) is 16.0. The van der Waals surface area contributed by atoms with Crippen LogP contribution in [-0.4, -0.2) is 17.7 Å². The van der Waals surface area contributed by atoms with E-state index in [-0.39, 0.29) is 16.7 Å². The molecule has 0 amide bonds. The molecule has 1 nitrogen and oxygen atoms in total. The average Bonchev–Trinajstić information content (AvgIpc) is 0.764. The summed E-state index contributed by atoms with van der Waals surface area (Å²) in [6.07, 6.45) is -54.8. The van der Waals surface area contributed by atoms with E-state index in [0.29, 0.717) is 5.75 Å². The molecule has 456 valence electrons. The number of alkyl halides is 24. The first-order chi connectivity index (χ1) is 40.0. The quantitative estimate of drug-likeness (QED) is 0.0609. The van der Waals surface area contributed by atoms with Crippen LogP contribution in [0.1, 0.15) is 54.9 Å². The van der Waals surface area contributed by atoms with Crippen molar-refractivity contribution in [2.75, 3.05) is 5.75 Å². The van der Waals surface area contributed by atoms with Gasteiger partial charge in [0.15, 0.2) is 15.5 Å². The number of benzene rings is 9. The van der Waals surface area contributed by atoms with Crippen LogP contribution in [0.3, 0.4) is 0 Å². The van der Waals surface area contributed by atoms with Crippen molar-refractivity contribution in [2.24, 2.45) is 0 Å². The van der Waals surface area contributed by atoms with Crippen LogP contribution in [0, 0.1) is 0 Å². The number of Topliss-reactive ketones (excluding diaryl/α,β-unsaturated/α-hetero) is 1. The van der Waals surface area contributed by atoms with Crippen molar-refractivity contribution in [3.8, 4) is 0 Å². The molecule has 0 atom stereocenters. The highest BCUT2D eigenvalue weighted by atomic mass is 32.2. The molecule has 0 aromatic heterocycles. The molecule has 0 heterocycles. The molecule has 0 fully saturated rings. The van der Waals surface area contributed by atoms with Gasteiger partial charge in [0.1, 0.15) is 6.15 Å². The van der Waals surface area contributed by atoms with Gasteiger partial charge in [-0.15, -0.1) is 0 Å². The maximum atomic E-state index is 14.2. The smallest absolute Gasteiger partial charge is 0.289 e. The van der Waals surface area contributed by atoms with Crippen LogP contribution in [0.15, 0.2) is 198 Å². The van der Waals surface area contributed by atoms with E-state index < -0.39 is 195 Å². The normalized spacial score (nSPS) is 13.3. The van der Waals surface area contributed by atoms with Crippen molar-refractivity contribution in [2.45, 2.75) is 59.2 Å². The van der Waals surface area contributed by atoms with Crippen LogP contribution >= 0.6 is 0 Å². The van der Waals surface area contributed by atoms with E-state index >= 15 is 0 Å². The maximum Gasteiger partial charge on any atom is 0.416 e. The van der Waals surface area contributed by atoms with Crippen LogP contribution in [0.2, 0.25) is 0 Å². The molecule has 27 heteroatoms. The first kappa shape index (κ1) is 64.9. The van der Waals surface area contributed by atoms with Gasteiger partial charge in [0, 0.05) is 17.7 Å². The highest BCUT2D eigenvalue weighted by molar-refractivity contribution is 7.97. The molecule has 0 N–H and O–H groups in total. The number of hydrogen-bond donors (Lipinski definition) is 0. The topological polar surface area (TPSA) is 17.1 Å². The Kier molecular flexibility index (Phi) is 17.3. The fourth-order valence-electron chi connectivity index (χ4n) is 9.85. The van der Waals surface area contributed by atoms with E-state index in [0.717, 1.165) is 5.56 Å². The van der Waals surface area contributed by atoms with Gasteiger partial charge in [-0.1, -0.05) is 127 Å². The Labute approximate surface area is 478 Å². The Morgan fingerprint density at radius 1 is 0.276 bits per heavy atom. The summed E-state index contributed by atoms with van der Waals surface area (Å²) in [5, 5.41) is 4.86. The second-order valence-electron chi connectivity index (χ2n) is 19.6. The summed E-state index contributed by atoms with van der Waals surface area (Å²) >= 11 is 0.